The first-order chi connectivity index (χ1) is 11.6. The molecule has 4 heteroatoms. The first-order valence-corrected chi connectivity index (χ1v) is 7.75. The highest BCUT2D eigenvalue weighted by Gasteiger charge is 2.19. The van der Waals surface area contributed by atoms with Crippen molar-refractivity contribution in [3.8, 4) is 17.4 Å². The number of aryl methyl sites for hydroxylation is 1. The van der Waals surface area contributed by atoms with Gasteiger partial charge in [-0.1, -0.05) is 35.9 Å². The molecule has 1 aliphatic rings. The number of aromatic hydroxyl groups is 1. The minimum atomic E-state index is -0.184. The highest BCUT2D eigenvalue weighted by molar-refractivity contribution is 6.31. The first-order valence-electron chi connectivity index (χ1n) is 7.75. The molecule has 0 aliphatic carbocycles. The Morgan fingerprint density at radius 1 is 1.04 bits per heavy atom. The van der Waals surface area contributed by atoms with E-state index in [4.69, 9.17) is 4.42 Å². The van der Waals surface area contributed by atoms with Crippen molar-refractivity contribution in [3.63, 3.8) is 0 Å². The van der Waals surface area contributed by atoms with Crippen LogP contribution in [0.3, 0.4) is 0 Å². The topological polar surface area (TPSA) is 58.6 Å². The van der Waals surface area contributed by atoms with Crippen LogP contribution in [-0.2, 0) is 0 Å². The van der Waals surface area contributed by atoms with Gasteiger partial charge in [0.25, 0.3) is 0 Å². The van der Waals surface area contributed by atoms with Crippen LogP contribution in [0.1, 0.15) is 23.7 Å². The van der Waals surface area contributed by atoms with Crippen molar-refractivity contribution in [2.45, 2.75) is 13.8 Å². The van der Waals surface area contributed by atoms with Gasteiger partial charge in [-0.3, -0.25) is 4.99 Å². The molecule has 0 unspecified atom stereocenters. The number of aliphatic imine (C=N–C) groups is 1. The summed E-state index contributed by atoms with van der Waals surface area (Å²) in [6, 6.07) is 15.7. The number of rotatable bonds is 2. The molecule has 0 spiro atoms. The quantitative estimate of drug-likeness (QED) is 0.723. The molecule has 24 heavy (non-hydrogen) atoms. The van der Waals surface area contributed by atoms with Crippen molar-refractivity contribution in [1.29, 1.82) is 0 Å². The Hall–Kier alpha value is -3.14. The molecular formula is C20H16N2O2. The van der Waals surface area contributed by atoms with Crippen molar-refractivity contribution in [2.24, 2.45) is 4.99 Å². The third-order valence-electron chi connectivity index (χ3n) is 4.05. The van der Waals surface area contributed by atoms with Crippen LogP contribution in [0.2, 0.25) is 0 Å². The predicted molar refractivity (Wildman–Crippen MR) is 95.4 cm³/mol. The van der Waals surface area contributed by atoms with Gasteiger partial charge in [-0.25, -0.2) is 4.98 Å². The van der Waals surface area contributed by atoms with Crippen LogP contribution in [0.4, 0.5) is 5.69 Å². The zero-order chi connectivity index (χ0) is 16.7. The van der Waals surface area contributed by atoms with Crippen LogP contribution >= 0.6 is 0 Å². The van der Waals surface area contributed by atoms with Gasteiger partial charge in [-0.15, -0.1) is 0 Å². The minimum Gasteiger partial charge on any atom is -0.479 e. The zero-order valence-corrected chi connectivity index (χ0v) is 13.4. The van der Waals surface area contributed by atoms with Crippen LogP contribution in [0.5, 0.6) is 5.95 Å². The lowest BCUT2D eigenvalue weighted by molar-refractivity contribution is 0.336. The van der Waals surface area contributed by atoms with Gasteiger partial charge >= 0.3 is 5.95 Å². The van der Waals surface area contributed by atoms with Crippen molar-refractivity contribution in [3.05, 3.63) is 65.4 Å². The summed E-state index contributed by atoms with van der Waals surface area (Å²) in [5.74, 6) is 0.222. The third-order valence-corrected chi connectivity index (χ3v) is 4.05. The standard InChI is InChI=1S/C20H16N2O2/c1-12-6-5-7-14(10-12)19-22-18(20(23)24-19)11-16-13(2)21-17-9-4-3-8-15(16)17/h3-11,23H,1-2H3. The smallest absolute Gasteiger partial charge is 0.310 e. The fourth-order valence-electron chi connectivity index (χ4n) is 2.87. The zero-order valence-electron chi connectivity index (χ0n) is 13.4. The third kappa shape index (κ3) is 2.42. The second kappa shape index (κ2) is 5.49. The normalized spacial score (nSPS) is 14.8. The summed E-state index contributed by atoms with van der Waals surface area (Å²) in [4.78, 5) is 8.99. The van der Waals surface area contributed by atoms with Crippen molar-refractivity contribution >= 4 is 23.0 Å². The van der Waals surface area contributed by atoms with Crippen molar-refractivity contribution in [1.82, 2.24) is 4.98 Å². The molecule has 4 nitrogen and oxygen atoms in total. The molecule has 0 fully saturated rings. The largest absolute Gasteiger partial charge is 0.479 e. The number of hydrogen-bond donors (Lipinski definition) is 1. The Balaban J connectivity index is 1.78. The average molecular weight is 316 g/mol. The fraction of sp³-hybridized carbons (Fsp3) is 0.100. The van der Waals surface area contributed by atoms with E-state index in [9.17, 15) is 5.11 Å². The highest BCUT2D eigenvalue weighted by atomic mass is 16.5. The van der Waals surface area contributed by atoms with Gasteiger partial charge < -0.3 is 9.52 Å². The average Bonchev–Trinajstić information content (AvgIpc) is 3.09. The molecule has 2 heterocycles. The molecule has 1 aliphatic heterocycles. The van der Waals surface area contributed by atoms with Crippen LogP contribution in [0.15, 0.2) is 57.9 Å². The lowest BCUT2D eigenvalue weighted by Gasteiger charge is -1.99. The van der Waals surface area contributed by atoms with E-state index in [-0.39, 0.29) is 5.95 Å². The SMILES string of the molecule is CC1=Nc2ccccc2C1=Cc1nc(-c2cccc(C)c2)oc1O. The van der Waals surface area contributed by atoms with Crippen molar-refractivity contribution < 1.29 is 9.52 Å². The van der Waals surface area contributed by atoms with E-state index in [2.05, 4.69) is 9.98 Å². The van der Waals surface area contributed by atoms with E-state index in [1.165, 1.54) is 0 Å². The Morgan fingerprint density at radius 3 is 2.71 bits per heavy atom. The summed E-state index contributed by atoms with van der Waals surface area (Å²) >= 11 is 0. The summed E-state index contributed by atoms with van der Waals surface area (Å²) in [7, 11) is 0. The van der Waals surface area contributed by atoms with E-state index in [0.717, 1.165) is 33.7 Å². The molecule has 2 aromatic carbocycles. The van der Waals surface area contributed by atoms with E-state index in [1.54, 1.807) is 0 Å². The van der Waals surface area contributed by atoms with Crippen LogP contribution < -0.4 is 0 Å². The Bertz CT molecular complexity index is 996. The van der Waals surface area contributed by atoms with Gasteiger partial charge in [-0.2, -0.15) is 0 Å². The molecule has 0 amide bonds. The lowest BCUT2D eigenvalue weighted by atomic mass is 10.0. The summed E-state index contributed by atoms with van der Waals surface area (Å²) in [6.45, 7) is 3.95. The maximum absolute atomic E-state index is 10.1. The van der Waals surface area contributed by atoms with Gasteiger partial charge in [-0.05, 0) is 38.1 Å². The van der Waals surface area contributed by atoms with Crippen molar-refractivity contribution in [2.75, 3.05) is 0 Å². The molecule has 3 aromatic rings. The summed E-state index contributed by atoms with van der Waals surface area (Å²) < 4.78 is 5.45. The molecule has 1 N–H and O–H groups in total. The minimum absolute atomic E-state index is 0.184. The lowest BCUT2D eigenvalue weighted by Crippen LogP contribution is -1.90. The molecule has 0 saturated heterocycles. The number of allylic oxidation sites excluding steroid dienone is 1. The summed E-state index contributed by atoms with van der Waals surface area (Å²) in [6.07, 6.45) is 1.82. The summed E-state index contributed by atoms with van der Waals surface area (Å²) in [5, 5.41) is 10.1. The molecule has 0 saturated carbocycles. The number of nitrogens with zero attached hydrogens (tertiary/aromatic N) is 2. The monoisotopic (exact) mass is 316 g/mol. The Morgan fingerprint density at radius 2 is 1.88 bits per heavy atom. The Kier molecular flexibility index (Phi) is 3.31. The molecular weight excluding hydrogens is 300 g/mol. The fourth-order valence-corrected chi connectivity index (χ4v) is 2.87. The van der Waals surface area contributed by atoms with Gasteiger partial charge in [0.05, 0.1) is 5.69 Å². The number of oxazole rings is 1. The van der Waals surface area contributed by atoms with Gasteiger partial charge in [0.1, 0.15) is 5.69 Å². The maximum atomic E-state index is 10.1. The van der Waals surface area contributed by atoms with Crippen LogP contribution in [0, 0.1) is 6.92 Å². The Labute approximate surface area is 139 Å². The molecule has 0 bridgehead atoms. The van der Waals surface area contributed by atoms with E-state index in [1.807, 2.05) is 68.5 Å². The molecule has 0 radical (unpaired) electrons. The second-order valence-electron chi connectivity index (χ2n) is 5.85. The van der Waals surface area contributed by atoms with E-state index >= 15 is 0 Å². The van der Waals surface area contributed by atoms with Crippen LogP contribution in [-0.4, -0.2) is 15.8 Å². The highest BCUT2D eigenvalue weighted by Crippen LogP contribution is 2.37. The molecule has 118 valence electrons. The van der Waals surface area contributed by atoms with Gasteiger partial charge in [0, 0.05) is 22.4 Å². The number of hydrogen-bond acceptors (Lipinski definition) is 4. The number of benzene rings is 2. The van der Waals surface area contributed by atoms with Crippen LogP contribution in [0.25, 0.3) is 23.1 Å². The van der Waals surface area contributed by atoms with Gasteiger partial charge in [0.15, 0.2) is 0 Å². The molecule has 4 rings (SSSR count). The molecule has 0 atom stereocenters. The van der Waals surface area contributed by atoms with E-state index in [0.29, 0.717) is 11.6 Å². The number of aromatic nitrogens is 1. The van der Waals surface area contributed by atoms with Gasteiger partial charge in [0.2, 0.25) is 5.89 Å². The maximum Gasteiger partial charge on any atom is 0.310 e. The summed E-state index contributed by atoms with van der Waals surface area (Å²) in [5.41, 5.74) is 6.18. The molecule has 1 aromatic heterocycles. The predicted octanol–water partition coefficient (Wildman–Crippen LogP) is 5.00. The number of para-hydroxylation sites is 1. The number of fused-ring (bicyclic) bond motifs is 1. The van der Waals surface area contributed by atoms with E-state index < -0.39 is 0 Å². The second-order valence-corrected chi connectivity index (χ2v) is 5.85. The first kappa shape index (κ1) is 14.5.